The number of para-hydroxylation sites is 1. The number of fused-ring (bicyclic) bond motifs is 1. The largest absolute Gasteiger partial charge is 0.452 e. The van der Waals surface area contributed by atoms with Crippen LogP contribution in [-0.2, 0) is 9.53 Å². The first-order valence-corrected chi connectivity index (χ1v) is 10.1. The van der Waals surface area contributed by atoms with Gasteiger partial charge in [0, 0.05) is 10.6 Å². The van der Waals surface area contributed by atoms with Crippen LogP contribution in [0.1, 0.15) is 22.0 Å². The zero-order valence-electron chi connectivity index (χ0n) is 15.5. The quantitative estimate of drug-likeness (QED) is 0.580. The van der Waals surface area contributed by atoms with E-state index in [9.17, 15) is 14.0 Å². The molecule has 0 aromatic heterocycles. The molecule has 0 unspecified atom stereocenters. The van der Waals surface area contributed by atoms with Gasteiger partial charge in [-0.1, -0.05) is 54.6 Å². The third-order valence-electron chi connectivity index (χ3n) is 4.71. The fourth-order valence-electron chi connectivity index (χ4n) is 3.32. The summed E-state index contributed by atoms with van der Waals surface area (Å²) in [4.78, 5) is 28.0. The van der Waals surface area contributed by atoms with Gasteiger partial charge in [0.2, 0.25) is 0 Å². The summed E-state index contributed by atoms with van der Waals surface area (Å²) < 4.78 is 18.9. The molecular formula is C23H18FNO3S. The summed E-state index contributed by atoms with van der Waals surface area (Å²) in [5, 5.41) is 0. The second-order valence-electron chi connectivity index (χ2n) is 6.52. The molecule has 4 nitrogen and oxygen atoms in total. The van der Waals surface area contributed by atoms with Gasteiger partial charge >= 0.3 is 5.97 Å². The van der Waals surface area contributed by atoms with E-state index in [1.165, 1.54) is 18.2 Å². The van der Waals surface area contributed by atoms with E-state index in [4.69, 9.17) is 4.74 Å². The third-order valence-corrected chi connectivity index (χ3v) is 5.85. The van der Waals surface area contributed by atoms with E-state index >= 15 is 0 Å². The van der Waals surface area contributed by atoms with Gasteiger partial charge in [-0.05, 0) is 29.8 Å². The molecule has 29 heavy (non-hydrogen) atoms. The highest BCUT2D eigenvalue weighted by Crippen LogP contribution is 2.43. The Kier molecular flexibility index (Phi) is 5.62. The highest BCUT2D eigenvalue weighted by molar-refractivity contribution is 7.99. The van der Waals surface area contributed by atoms with E-state index in [-0.39, 0.29) is 17.5 Å². The summed E-state index contributed by atoms with van der Waals surface area (Å²) >= 11 is 1.68. The number of carbonyl (C=O) groups is 2. The number of esters is 1. The van der Waals surface area contributed by atoms with E-state index < -0.39 is 18.4 Å². The van der Waals surface area contributed by atoms with Crippen molar-refractivity contribution in [3.8, 4) is 0 Å². The summed E-state index contributed by atoms with van der Waals surface area (Å²) in [6.45, 7) is -0.463. The van der Waals surface area contributed by atoms with E-state index in [1.54, 1.807) is 22.7 Å². The summed E-state index contributed by atoms with van der Waals surface area (Å²) in [6.07, 6.45) is 0. The second-order valence-corrected chi connectivity index (χ2v) is 7.59. The average Bonchev–Trinajstić information content (AvgIpc) is 2.77. The van der Waals surface area contributed by atoms with Crippen LogP contribution in [0.3, 0.4) is 0 Å². The molecule has 0 spiro atoms. The van der Waals surface area contributed by atoms with E-state index in [1.807, 2.05) is 54.6 Å². The normalized spacial score (nSPS) is 15.5. The molecule has 0 aliphatic carbocycles. The van der Waals surface area contributed by atoms with Crippen molar-refractivity contribution in [3.63, 3.8) is 0 Å². The molecule has 146 valence electrons. The Morgan fingerprint density at radius 3 is 2.45 bits per heavy atom. The number of hydrogen-bond acceptors (Lipinski definition) is 4. The van der Waals surface area contributed by atoms with Crippen LogP contribution in [-0.4, -0.2) is 24.2 Å². The summed E-state index contributed by atoms with van der Waals surface area (Å²) in [7, 11) is 0. The van der Waals surface area contributed by atoms with Crippen LogP contribution in [0.15, 0.2) is 83.8 Å². The summed E-state index contributed by atoms with van der Waals surface area (Å²) in [5.74, 6) is -1.19. The molecular weight excluding hydrogens is 389 g/mol. The van der Waals surface area contributed by atoms with Crippen LogP contribution < -0.4 is 4.90 Å². The number of thioether (sulfide) groups is 1. The maximum atomic E-state index is 13.8. The Balaban J connectivity index is 1.58. The Morgan fingerprint density at radius 1 is 0.966 bits per heavy atom. The zero-order valence-corrected chi connectivity index (χ0v) is 16.3. The molecule has 0 radical (unpaired) electrons. The number of rotatable bonds is 4. The molecule has 0 N–H and O–H groups in total. The van der Waals surface area contributed by atoms with E-state index in [0.29, 0.717) is 5.75 Å². The number of nitrogens with zero attached hydrogens (tertiary/aromatic N) is 1. The number of amides is 1. The van der Waals surface area contributed by atoms with Gasteiger partial charge in [-0.2, -0.15) is 0 Å². The number of ether oxygens (including phenoxy) is 1. The molecule has 1 heterocycles. The van der Waals surface area contributed by atoms with Crippen molar-refractivity contribution < 1.29 is 18.7 Å². The monoisotopic (exact) mass is 407 g/mol. The lowest BCUT2D eigenvalue weighted by Gasteiger charge is -2.37. The standard InChI is InChI=1S/C23H18FNO3S/c24-18-11-5-4-10-17(18)23(27)28-14-22(26)25-19-12-6-7-13-21(19)29-15-20(25)16-8-2-1-3-9-16/h1-13,20H,14-15H2/t20-/m0/s1. The lowest BCUT2D eigenvalue weighted by Crippen LogP contribution is -2.41. The van der Waals surface area contributed by atoms with Gasteiger partial charge in [0.15, 0.2) is 6.61 Å². The lowest BCUT2D eigenvalue weighted by atomic mass is 10.1. The van der Waals surface area contributed by atoms with Crippen molar-refractivity contribution in [2.24, 2.45) is 0 Å². The van der Waals surface area contributed by atoms with Gasteiger partial charge in [-0.15, -0.1) is 11.8 Å². The van der Waals surface area contributed by atoms with E-state index in [0.717, 1.165) is 16.1 Å². The van der Waals surface area contributed by atoms with Crippen molar-refractivity contribution in [1.29, 1.82) is 0 Å². The minimum absolute atomic E-state index is 0.184. The van der Waals surface area contributed by atoms with Crippen LogP contribution in [0, 0.1) is 5.82 Å². The Hall–Kier alpha value is -3.12. The molecule has 1 atom stereocenters. The molecule has 0 fully saturated rings. The van der Waals surface area contributed by atoms with Gasteiger partial charge in [0.1, 0.15) is 5.82 Å². The number of carbonyl (C=O) groups excluding carboxylic acids is 2. The Morgan fingerprint density at radius 2 is 1.66 bits per heavy atom. The third kappa shape index (κ3) is 4.03. The molecule has 1 aliphatic heterocycles. The highest BCUT2D eigenvalue weighted by Gasteiger charge is 2.33. The van der Waals surface area contributed by atoms with Gasteiger partial charge in [0.05, 0.1) is 17.3 Å². The van der Waals surface area contributed by atoms with Gasteiger partial charge < -0.3 is 4.74 Å². The predicted octanol–water partition coefficient (Wildman–Crippen LogP) is 4.86. The Labute approximate surface area is 172 Å². The minimum atomic E-state index is -0.854. The minimum Gasteiger partial charge on any atom is -0.452 e. The van der Waals surface area contributed by atoms with Crippen molar-refractivity contribution in [1.82, 2.24) is 0 Å². The maximum absolute atomic E-state index is 13.8. The number of halogens is 1. The van der Waals surface area contributed by atoms with Crippen molar-refractivity contribution in [3.05, 3.63) is 95.8 Å². The first-order valence-electron chi connectivity index (χ1n) is 9.15. The van der Waals surface area contributed by atoms with Crippen molar-refractivity contribution >= 4 is 29.3 Å². The zero-order chi connectivity index (χ0) is 20.2. The number of hydrogen-bond donors (Lipinski definition) is 0. The van der Waals surface area contributed by atoms with Crippen LogP contribution in [0.2, 0.25) is 0 Å². The lowest BCUT2D eigenvalue weighted by molar-refractivity contribution is -0.122. The maximum Gasteiger partial charge on any atom is 0.341 e. The van der Waals surface area contributed by atoms with Crippen LogP contribution in [0.5, 0.6) is 0 Å². The van der Waals surface area contributed by atoms with Gasteiger partial charge in [0.25, 0.3) is 5.91 Å². The summed E-state index contributed by atoms with van der Waals surface area (Å²) in [6, 6.07) is 22.8. The number of benzene rings is 3. The molecule has 0 bridgehead atoms. The fraction of sp³-hybridized carbons (Fsp3) is 0.130. The van der Waals surface area contributed by atoms with Gasteiger partial charge in [-0.3, -0.25) is 9.69 Å². The molecule has 1 aliphatic rings. The first kappa shape index (κ1) is 19.2. The van der Waals surface area contributed by atoms with Crippen LogP contribution in [0.25, 0.3) is 0 Å². The molecule has 0 saturated carbocycles. The SMILES string of the molecule is O=C(OCC(=O)N1c2ccccc2SC[C@H]1c1ccccc1)c1ccccc1F. The highest BCUT2D eigenvalue weighted by atomic mass is 32.2. The van der Waals surface area contributed by atoms with Gasteiger partial charge in [-0.25, -0.2) is 9.18 Å². The predicted molar refractivity (Wildman–Crippen MR) is 111 cm³/mol. The molecule has 3 aromatic carbocycles. The molecule has 4 rings (SSSR count). The smallest absolute Gasteiger partial charge is 0.341 e. The van der Waals surface area contributed by atoms with Crippen molar-refractivity contribution in [2.45, 2.75) is 10.9 Å². The van der Waals surface area contributed by atoms with E-state index in [2.05, 4.69) is 0 Å². The first-order chi connectivity index (χ1) is 14.1. The topological polar surface area (TPSA) is 46.6 Å². The second kappa shape index (κ2) is 8.49. The molecule has 6 heteroatoms. The average molecular weight is 407 g/mol. The molecule has 0 saturated heterocycles. The number of anilines is 1. The van der Waals surface area contributed by atoms with Crippen LogP contribution >= 0.6 is 11.8 Å². The fourth-order valence-corrected chi connectivity index (χ4v) is 4.49. The van der Waals surface area contributed by atoms with Crippen LogP contribution in [0.4, 0.5) is 10.1 Å². The summed E-state index contributed by atoms with van der Waals surface area (Å²) in [5.41, 5.74) is 1.60. The molecule has 3 aromatic rings. The van der Waals surface area contributed by atoms with Crippen molar-refractivity contribution in [2.75, 3.05) is 17.3 Å². The molecule has 1 amide bonds. The Bertz CT molecular complexity index is 1040.